The summed E-state index contributed by atoms with van der Waals surface area (Å²) < 4.78 is 36.1. The fourth-order valence-electron chi connectivity index (χ4n) is 9.78. The van der Waals surface area contributed by atoms with Crippen molar-refractivity contribution in [2.24, 2.45) is 23.7 Å². The Hall–Kier alpha value is -3.30. The number of halogens is 2. The summed E-state index contributed by atoms with van der Waals surface area (Å²) in [6.07, 6.45) is 28.2. The van der Waals surface area contributed by atoms with Crippen LogP contribution in [0.1, 0.15) is 152 Å². The Morgan fingerprint density at radius 2 is 0.772 bits per heavy atom. The van der Waals surface area contributed by atoms with Gasteiger partial charge in [-0.05, 0) is 119 Å². The second kappa shape index (κ2) is 23.3. The van der Waals surface area contributed by atoms with Gasteiger partial charge in [-0.15, -0.1) is 0 Å². The highest BCUT2D eigenvalue weighted by Gasteiger charge is 2.22. The zero-order valence-electron chi connectivity index (χ0n) is 35.5. The van der Waals surface area contributed by atoms with E-state index in [9.17, 15) is 0 Å². The summed E-state index contributed by atoms with van der Waals surface area (Å²) in [5, 5.41) is 0. The minimum absolute atomic E-state index is 0.199. The molecule has 0 bridgehead atoms. The lowest BCUT2D eigenvalue weighted by molar-refractivity contribution is 0.139. The fraction of sp³-hybridized carbons (Fsp3) is 0.556. The molecule has 0 atom stereocenters. The van der Waals surface area contributed by atoms with Crippen molar-refractivity contribution in [1.82, 2.24) is 0 Å². The third-order valence-electron chi connectivity index (χ3n) is 13.8. The maximum atomic E-state index is 15.1. The first-order chi connectivity index (χ1) is 28.0. The molecule has 0 unspecified atom stereocenters. The van der Waals surface area contributed by atoms with Crippen molar-refractivity contribution in [2.45, 2.75) is 155 Å². The summed E-state index contributed by atoms with van der Waals surface area (Å²) in [4.78, 5) is 0. The summed E-state index contributed by atoms with van der Waals surface area (Å²) >= 11 is 0. The Kier molecular flexibility index (Phi) is 17.7. The molecular formula is C54H72F2O. The molecule has 57 heavy (non-hydrogen) atoms. The molecular weight excluding hydrogens is 703 g/mol. The average Bonchev–Trinajstić information content (AvgIpc) is 3.24. The largest absolute Gasteiger partial charge is 0.381 e. The smallest absolute Gasteiger partial charge is 0.127 e. The van der Waals surface area contributed by atoms with E-state index in [1.165, 1.54) is 127 Å². The van der Waals surface area contributed by atoms with Crippen LogP contribution in [0.15, 0.2) is 84.9 Å². The van der Waals surface area contributed by atoms with E-state index in [1.54, 1.807) is 12.1 Å². The van der Waals surface area contributed by atoms with Crippen molar-refractivity contribution >= 4 is 0 Å². The summed E-state index contributed by atoms with van der Waals surface area (Å²) in [5.41, 5.74) is 7.97. The molecule has 0 radical (unpaired) electrons. The van der Waals surface area contributed by atoms with Gasteiger partial charge in [0.2, 0.25) is 0 Å². The highest BCUT2D eigenvalue weighted by atomic mass is 19.1. The third-order valence-corrected chi connectivity index (χ3v) is 13.8. The Labute approximate surface area is 345 Å². The first kappa shape index (κ1) is 43.3. The molecule has 4 aromatic rings. The number of rotatable bonds is 22. The molecule has 4 aromatic carbocycles. The molecule has 0 aromatic heterocycles. The zero-order chi connectivity index (χ0) is 39.7. The van der Waals surface area contributed by atoms with Crippen molar-refractivity contribution in [3.63, 3.8) is 0 Å². The predicted molar refractivity (Wildman–Crippen MR) is 238 cm³/mol. The van der Waals surface area contributed by atoms with Crippen LogP contribution < -0.4 is 0 Å². The van der Waals surface area contributed by atoms with E-state index >= 15 is 8.78 Å². The highest BCUT2D eigenvalue weighted by molar-refractivity contribution is 5.65. The quantitative estimate of drug-likeness (QED) is 0.0723. The van der Waals surface area contributed by atoms with Crippen molar-refractivity contribution in [3.8, 4) is 22.3 Å². The van der Waals surface area contributed by atoms with Crippen molar-refractivity contribution in [1.29, 1.82) is 0 Å². The SMILES string of the molecule is CCCCCC1CCC(CCc2ccc(-c3ccc(CCOCCc4ccc(-c5ccc(CCC6CCC(CCCCC)CC6)cc5)cc4F)c(F)c3)cc2)CC1. The van der Waals surface area contributed by atoms with Crippen LogP contribution in [0, 0.1) is 35.3 Å². The molecule has 1 nitrogen and oxygen atoms in total. The number of ether oxygens (including phenoxy) is 1. The second-order valence-electron chi connectivity index (χ2n) is 18.0. The Balaban J connectivity index is 0.867. The number of hydrogen-bond acceptors (Lipinski definition) is 1. The first-order valence-electron chi connectivity index (χ1n) is 23.3. The van der Waals surface area contributed by atoms with E-state index in [0.717, 1.165) is 58.8 Å². The molecule has 0 heterocycles. The molecule has 3 heteroatoms. The molecule has 2 saturated carbocycles. The zero-order valence-corrected chi connectivity index (χ0v) is 35.5. The standard InChI is InChI=1S/C54H72F2O/c1-3-5-7-9-41-11-15-43(16-12-41)19-21-45-23-27-47(28-24-45)51-33-31-49(53(55)39-51)35-37-57-38-36-50-32-34-52(40-54(50)56)48-29-25-46(26-30-48)22-20-44-17-13-42(14-18-44)10-8-6-4-2/h23-34,39-44H,3-22,35-38H2,1-2H3. The highest BCUT2D eigenvalue weighted by Crippen LogP contribution is 2.36. The lowest BCUT2D eigenvalue weighted by Gasteiger charge is -2.28. The third kappa shape index (κ3) is 13.9. The average molecular weight is 775 g/mol. The predicted octanol–water partition coefficient (Wildman–Crippen LogP) is 15.7. The molecule has 0 N–H and O–H groups in total. The van der Waals surface area contributed by atoms with E-state index in [4.69, 9.17) is 4.74 Å². The van der Waals surface area contributed by atoms with E-state index in [1.807, 2.05) is 24.3 Å². The Morgan fingerprint density at radius 3 is 1.12 bits per heavy atom. The number of hydrogen-bond donors (Lipinski definition) is 0. The molecule has 0 spiro atoms. The topological polar surface area (TPSA) is 9.23 Å². The molecule has 308 valence electrons. The number of benzene rings is 4. The summed E-state index contributed by atoms with van der Waals surface area (Å²) in [5.74, 6) is 3.28. The second-order valence-corrected chi connectivity index (χ2v) is 18.0. The molecule has 0 aliphatic heterocycles. The summed E-state index contributed by atoms with van der Waals surface area (Å²) in [6, 6.07) is 28.5. The molecule has 2 fully saturated rings. The molecule has 0 amide bonds. The van der Waals surface area contributed by atoms with Gasteiger partial charge in [0.1, 0.15) is 11.6 Å². The van der Waals surface area contributed by atoms with E-state index in [2.05, 4.69) is 62.4 Å². The van der Waals surface area contributed by atoms with Crippen molar-refractivity contribution < 1.29 is 13.5 Å². The maximum Gasteiger partial charge on any atom is 0.127 e. The van der Waals surface area contributed by atoms with Crippen LogP contribution in [0.25, 0.3) is 22.3 Å². The molecule has 2 aliphatic rings. The van der Waals surface area contributed by atoms with Gasteiger partial charge in [-0.25, -0.2) is 8.78 Å². The van der Waals surface area contributed by atoms with Gasteiger partial charge in [-0.2, -0.15) is 0 Å². The van der Waals surface area contributed by atoms with E-state index in [-0.39, 0.29) is 11.6 Å². The van der Waals surface area contributed by atoms with Crippen LogP contribution in [0.5, 0.6) is 0 Å². The van der Waals surface area contributed by atoms with Crippen LogP contribution in [0.4, 0.5) is 8.78 Å². The summed E-state index contributed by atoms with van der Waals surface area (Å²) in [6.45, 7) is 5.39. The van der Waals surface area contributed by atoms with Gasteiger partial charge in [-0.3, -0.25) is 0 Å². The van der Waals surface area contributed by atoms with Crippen molar-refractivity contribution in [3.05, 3.63) is 119 Å². The Morgan fingerprint density at radius 1 is 0.421 bits per heavy atom. The van der Waals surface area contributed by atoms with Crippen molar-refractivity contribution in [2.75, 3.05) is 13.2 Å². The van der Waals surface area contributed by atoms with Crippen LogP contribution in [0.2, 0.25) is 0 Å². The van der Waals surface area contributed by atoms with Gasteiger partial charge in [0.15, 0.2) is 0 Å². The van der Waals surface area contributed by atoms with E-state index in [0.29, 0.717) is 37.2 Å². The van der Waals surface area contributed by atoms with Crippen LogP contribution in [0.3, 0.4) is 0 Å². The van der Waals surface area contributed by atoms with E-state index < -0.39 is 0 Å². The van der Waals surface area contributed by atoms with Gasteiger partial charge in [0, 0.05) is 0 Å². The van der Waals surface area contributed by atoms with Gasteiger partial charge < -0.3 is 4.74 Å². The van der Waals surface area contributed by atoms with Gasteiger partial charge in [0.05, 0.1) is 13.2 Å². The lowest BCUT2D eigenvalue weighted by atomic mass is 9.78. The lowest BCUT2D eigenvalue weighted by Crippen LogP contribution is -2.15. The maximum absolute atomic E-state index is 15.1. The number of aryl methyl sites for hydroxylation is 2. The number of unbranched alkanes of at least 4 members (excludes halogenated alkanes) is 4. The van der Waals surface area contributed by atoms with Gasteiger partial charge in [0.25, 0.3) is 0 Å². The molecule has 0 saturated heterocycles. The van der Waals surface area contributed by atoms with Crippen LogP contribution in [-0.4, -0.2) is 13.2 Å². The minimum Gasteiger partial charge on any atom is -0.381 e. The van der Waals surface area contributed by atoms with Gasteiger partial charge >= 0.3 is 0 Å². The summed E-state index contributed by atoms with van der Waals surface area (Å²) in [7, 11) is 0. The first-order valence-corrected chi connectivity index (χ1v) is 23.3. The minimum atomic E-state index is -0.199. The fourth-order valence-corrected chi connectivity index (χ4v) is 9.78. The normalized spacial score (nSPS) is 19.9. The van der Waals surface area contributed by atoms with Crippen LogP contribution >= 0.6 is 0 Å². The Bertz CT molecular complexity index is 1600. The van der Waals surface area contributed by atoms with Gasteiger partial charge in [-0.1, -0.05) is 189 Å². The molecule has 6 rings (SSSR count). The monoisotopic (exact) mass is 775 g/mol. The van der Waals surface area contributed by atoms with Crippen LogP contribution in [-0.2, 0) is 30.4 Å². The molecule has 2 aliphatic carbocycles.